The minimum absolute atomic E-state index is 0.0962. The van der Waals surface area contributed by atoms with Crippen molar-refractivity contribution in [3.63, 3.8) is 0 Å². The molecule has 0 radical (unpaired) electrons. The highest BCUT2D eigenvalue weighted by Crippen LogP contribution is 2.25. The molecule has 0 bridgehead atoms. The first-order chi connectivity index (χ1) is 17.3. The second kappa shape index (κ2) is 11.4. The zero-order valence-electron chi connectivity index (χ0n) is 20.6. The van der Waals surface area contributed by atoms with Crippen molar-refractivity contribution >= 4 is 44.8 Å². The molecule has 2 heterocycles. The van der Waals surface area contributed by atoms with Crippen molar-refractivity contribution in [1.29, 1.82) is 0 Å². The van der Waals surface area contributed by atoms with E-state index in [0.717, 1.165) is 27.9 Å². The molecule has 1 aliphatic heterocycles. The van der Waals surface area contributed by atoms with Crippen molar-refractivity contribution in [2.24, 2.45) is 5.11 Å². The van der Waals surface area contributed by atoms with Gasteiger partial charge < -0.3 is 28.8 Å². The van der Waals surface area contributed by atoms with Gasteiger partial charge >= 0.3 is 5.95 Å². The number of azo groups is 1. The lowest BCUT2D eigenvalue weighted by Gasteiger charge is -2.20. The van der Waals surface area contributed by atoms with Gasteiger partial charge in [0.2, 0.25) is 5.82 Å². The van der Waals surface area contributed by atoms with Crippen LogP contribution in [0.5, 0.6) is 0 Å². The molecule has 1 atom stereocenters. The Morgan fingerprint density at radius 1 is 1.11 bits per heavy atom. The molecule has 0 saturated heterocycles. The number of nitrogens with zero attached hydrogens (tertiary/aromatic N) is 4. The van der Waals surface area contributed by atoms with Crippen LogP contribution in [0, 0.1) is 0 Å². The SMILES string of the molecule is CC(C)(C)c1cccc(NC2=CNC(=CN=[N+]([S-])c3ncc(P)c(NCc4ccccc4)n3)C=C2)c1. The lowest BCUT2D eigenvalue weighted by Crippen LogP contribution is -2.14. The van der Waals surface area contributed by atoms with Crippen LogP contribution < -0.4 is 21.3 Å². The van der Waals surface area contributed by atoms with Crippen LogP contribution in [0.3, 0.4) is 0 Å². The largest absolute Gasteiger partial charge is 0.570 e. The molecule has 0 amide bonds. The lowest BCUT2D eigenvalue weighted by molar-refractivity contribution is -0.331. The Kier molecular flexibility index (Phi) is 8.08. The number of hydrogen-bond acceptors (Lipinski definition) is 7. The predicted molar refractivity (Wildman–Crippen MR) is 152 cm³/mol. The molecule has 2 aromatic carbocycles. The van der Waals surface area contributed by atoms with Gasteiger partial charge in [0.15, 0.2) is 0 Å². The normalized spacial score (nSPS) is 14.8. The summed E-state index contributed by atoms with van der Waals surface area (Å²) in [4.78, 5) is 8.84. The second-order valence-corrected chi connectivity index (χ2v) is 10.3. The number of dihydropyridines is 1. The molecule has 4 rings (SSSR count). The van der Waals surface area contributed by atoms with E-state index in [-0.39, 0.29) is 5.41 Å². The highest BCUT2D eigenvalue weighted by atomic mass is 32.1. The third-order valence-electron chi connectivity index (χ3n) is 5.43. The molecule has 1 aromatic heterocycles. The molecule has 0 spiro atoms. The average molecular weight is 516 g/mol. The van der Waals surface area contributed by atoms with Crippen LogP contribution >= 0.6 is 9.24 Å². The number of nitrogens with one attached hydrogen (secondary N) is 3. The van der Waals surface area contributed by atoms with Crippen molar-refractivity contribution in [3.8, 4) is 0 Å². The number of rotatable bonds is 7. The van der Waals surface area contributed by atoms with Crippen molar-refractivity contribution in [2.75, 3.05) is 10.6 Å². The summed E-state index contributed by atoms with van der Waals surface area (Å²) in [5.74, 6) is 1.01. The topological polar surface area (TPSA) is 77.2 Å². The first-order valence-electron chi connectivity index (χ1n) is 11.6. The fourth-order valence-corrected chi connectivity index (χ4v) is 3.76. The average Bonchev–Trinajstić information content (AvgIpc) is 2.88. The Hall–Kier alpha value is -3.61. The van der Waals surface area contributed by atoms with Gasteiger partial charge in [-0.2, -0.15) is 0 Å². The second-order valence-electron chi connectivity index (χ2n) is 9.32. The van der Waals surface area contributed by atoms with E-state index < -0.39 is 0 Å². The van der Waals surface area contributed by atoms with E-state index in [1.165, 1.54) is 9.67 Å². The minimum atomic E-state index is 0.0962. The quantitative estimate of drug-likeness (QED) is 0.169. The summed E-state index contributed by atoms with van der Waals surface area (Å²) in [6, 6.07) is 18.6. The van der Waals surface area contributed by atoms with Gasteiger partial charge in [0.1, 0.15) is 6.20 Å². The van der Waals surface area contributed by atoms with Crippen LogP contribution in [0.4, 0.5) is 17.5 Å². The minimum Gasteiger partial charge on any atom is -0.570 e. The molecule has 0 aliphatic carbocycles. The fourth-order valence-electron chi connectivity index (χ4n) is 3.39. The van der Waals surface area contributed by atoms with Crippen molar-refractivity contribution in [1.82, 2.24) is 15.3 Å². The highest BCUT2D eigenvalue weighted by Gasteiger charge is 2.14. The van der Waals surface area contributed by atoms with Crippen LogP contribution in [-0.2, 0) is 24.8 Å². The van der Waals surface area contributed by atoms with E-state index >= 15 is 0 Å². The Morgan fingerprint density at radius 2 is 1.92 bits per heavy atom. The molecule has 3 aromatic rings. The smallest absolute Gasteiger partial charge is 0.435 e. The Morgan fingerprint density at radius 3 is 2.64 bits per heavy atom. The Balaban J connectivity index is 1.39. The summed E-state index contributed by atoms with van der Waals surface area (Å²) in [5.41, 5.74) is 5.32. The standard InChI is InChI=1S/C27H30N7PS/c1-27(2,3)20-10-7-11-21(14-20)32-23-13-12-22(28-16-23)17-31-34(36)26-30-18-24(35)25(33-26)29-15-19-8-5-4-6-9-19/h4-14,16-18,28,32H,15,35H2,1-3H3,(H,29,30,33). The predicted octanol–water partition coefficient (Wildman–Crippen LogP) is 5.40. The summed E-state index contributed by atoms with van der Waals surface area (Å²) in [7, 11) is 2.63. The molecule has 184 valence electrons. The van der Waals surface area contributed by atoms with Gasteiger partial charge in [0.05, 0.1) is 22.9 Å². The van der Waals surface area contributed by atoms with Crippen LogP contribution in [0.2, 0.25) is 0 Å². The lowest BCUT2D eigenvalue weighted by atomic mass is 9.87. The van der Waals surface area contributed by atoms with Crippen molar-refractivity contribution < 1.29 is 4.10 Å². The Bertz CT molecular complexity index is 1340. The number of allylic oxidation sites excluding steroid dienone is 2. The molecular weight excluding hydrogens is 485 g/mol. The van der Waals surface area contributed by atoms with E-state index in [2.05, 4.69) is 97.4 Å². The molecule has 1 unspecified atom stereocenters. The van der Waals surface area contributed by atoms with Gasteiger partial charge in [0.25, 0.3) is 0 Å². The van der Waals surface area contributed by atoms with Crippen LogP contribution in [0.25, 0.3) is 0 Å². The van der Waals surface area contributed by atoms with Gasteiger partial charge in [-0.3, -0.25) is 0 Å². The number of aromatic nitrogens is 2. The summed E-state index contributed by atoms with van der Waals surface area (Å²) < 4.78 is 1.23. The molecule has 7 nitrogen and oxygen atoms in total. The number of benzene rings is 2. The van der Waals surface area contributed by atoms with E-state index in [1.807, 2.05) is 36.6 Å². The van der Waals surface area contributed by atoms with Crippen molar-refractivity contribution in [3.05, 3.63) is 108 Å². The van der Waals surface area contributed by atoms with Gasteiger partial charge in [-0.15, -0.1) is 5.11 Å². The van der Waals surface area contributed by atoms with Gasteiger partial charge in [-0.05, 0) is 45.8 Å². The maximum atomic E-state index is 5.39. The molecule has 3 N–H and O–H groups in total. The van der Waals surface area contributed by atoms with Gasteiger partial charge in [-0.25, -0.2) is 4.10 Å². The van der Waals surface area contributed by atoms with E-state index in [0.29, 0.717) is 18.3 Å². The molecular formula is C27H30N7PS. The fraction of sp³-hybridized carbons (Fsp3) is 0.185. The maximum Gasteiger partial charge on any atom is 0.435 e. The molecule has 0 saturated carbocycles. The zero-order chi connectivity index (χ0) is 25.5. The molecule has 9 heteroatoms. The first-order valence-corrected chi connectivity index (χ1v) is 12.5. The zero-order valence-corrected chi connectivity index (χ0v) is 22.5. The van der Waals surface area contributed by atoms with Crippen LogP contribution in [0.15, 0.2) is 102 Å². The number of anilines is 2. The Labute approximate surface area is 220 Å². The molecule has 1 aliphatic rings. The van der Waals surface area contributed by atoms with Crippen LogP contribution in [0.1, 0.15) is 31.9 Å². The third-order valence-corrected chi connectivity index (χ3v) is 6.11. The molecule has 36 heavy (non-hydrogen) atoms. The van der Waals surface area contributed by atoms with E-state index in [9.17, 15) is 0 Å². The van der Waals surface area contributed by atoms with Crippen LogP contribution in [-0.4, -0.2) is 14.1 Å². The van der Waals surface area contributed by atoms with Crippen molar-refractivity contribution in [2.45, 2.75) is 32.7 Å². The highest BCUT2D eigenvalue weighted by molar-refractivity contribution is 7.51. The summed E-state index contributed by atoms with van der Waals surface area (Å²) >= 11 is 5.39. The van der Waals surface area contributed by atoms with Gasteiger partial charge in [0, 0.05) is 18.4 Å². The molecule has 0 fully saturated rings. The summed E-state index contributed by atoms with van der Waals surface area (Å²) in [6.07, 6.45) is 9.16. The van der Waals surface area contributed by atoms with E-state index in [1.54, 1.807) is 12.4 Å². The summed E-state index contributed by atoms with van der Waals surface area (Å²) in [6.45, 7) is 7.27. The van der Waals surface area contributed by atoms with Gasteiger partial charge in [-0.1, -0.05) is 77.5 Å². The first kappa shape index (κ1) is 25.5. The maximum absolute atomic E-state index is 5.39. The summed E-state index contributed by atoms with van der Waals surface area (Å²) in [5, 5.41) is 15.2. The number of hydrogen-bond donors (Lipinski definition) is 3. The monoisotopic (exact) mass is 515 g/mol. The third kappa shape index (κ3) is 6.97. The van der Waals surface area contributed by atoms with E-state index in [4.69, 9.17) is 12.8 Å².